The molecule has 1 aromatic heterocycles. The molecule has 2 unspecified atom stereocenters. The number of ether oxygens (including phenoxy) is 1. The Balaban J connectivity index is 1.69. The third-order valence-electron chi connectivity index (χ3n) is 6.22. The van der Waals surface area contributed by atoms with Gasteiger partial charge in [-0.3, -0.25) is 14.5 Å². The van der Waals surface area contributed by atoms with E-state index in [9.17, 15) is 27.9 Å². The van der Waals surface area contributed by atoms with E-state index in [1.165, 1.54) is 23.5 Å². The number of aliphatic hydroxyl groups excluding tert-OH is 1. The van der Waals surface area contributed by atoms with Crippen molar-refractivity contribution < 1.29 is 32.6 Å². The number of rotatable bonds is 3. The van der Waals surface area contributed by atoms with E-state index in [1.807, 2.05) is 6.92 Å². The quantitative estimate of drug-likeness (QED) is 0.272. The van der Waals surface area contributed by atoms with Gasteiger partial charge >= 0.3 is 6.18 Å². The first-order chi connectivity index (χ1) is 16.6. The highest BCUT2D eigenvalue weighted by atomic mass is 32.1. The summed E-state index contributed by atoms with van der Waals surface area (Å²) in [5.41, 5.74) is 0.771. The van der Waals surface area contributed by atoms with Crippen LogP contribution in [0.25, 0.3) is 5.76 Å². The van der Waals surface area contributed by atoms with Crippen LogP contribution in [-0.2, 0) is 22.2 Å². The van der Waals surface area contributed by atoms with Crippen molar-refractivity contribution in [3.8, 4) is 5.75 Å². The Kier molecular flexibility index (Phi) is 5.47. The van der Waals surface area contributed by atoms with Crippen LogP contribution in [0.3, 0.4) is 0 Å². The molecule has 0 bridgehead atoms. The molecule has 180 valence electrons. The Labute approximate surface area is 203 Å². The molecule has 2 atom stereocenters. The summed E-state index contributed by atoms with van der Waals surface area (Å²) in [7, 11) is 0. The zero-order valence-corrected chi connectivity index (χ0v) is 19.5. The lowest BCUT2D eigenvalue weighted by molar-refractivity contribution is -0.137. The van der Waals surface area contributed by atoms with Crippen LogP contribution in [0.2, 0.25) is 0 Å². The molecule has 2 aliphatic heterocycles. The molecule has 5 rings (SSSR count). The largest absolute Gasteiger partial charge is 0.507 e. The van der Waals surface area contributed by atoms with Gasteiger partial charge in [0.15, 0.2) is 0 Å². The van der Waals surface area contributed by atoms with Crippen LogP contribution in [0.1, 0.15) is 40.1 Å². The summed E-state index contributed by atoms with van der Waals surface area (Å²) in [4.78, 5) is 28.1. The van der Waals surface area contributed by atoms with E-state index in [0.717, 1.165) is 28.2 Å². The smallest absolute Gasteiger partial charge is 0.416 e. The lowest BCUT2D eigenvalue weighted by atomic mass is 9.97. The summed E-state index contributed by atoms with van der Waals surface area (Å²) >= 11 is 1.26. The van der Waals surface area contributed by atoms with E-state index in [1.54, 1.807) is 36.6 Å². The highest BCUT2D eigenvalue weighted by Gasteiger charge is 2.48. The molecule has 35 heavy (non-hydrogen) atoms. The fourth-order valence-corrected chi connectivity index (χ4v) is 5.59. The minimum absolute atomic E-state index is 0.0253. The second-order valence-electron chi connectivity index (χ2n) is 8.64. The predicted molar refractivity (Wildman–Crippen MR) is 126 cm³/mol. The number of hydrogen-bond acceptors (Lipinski definition) is 5. The van der Waals surface area contributed by atoms with Crippen LogP contribution in [-0.4, -0.2) is 22.9 Å². The van der Waals surface area contributed by atoms with Crippen LogP contribution in [0.4, 0.5) is 18.9 Å². The summed E-state index contributed by atoms with van der Waals surface area (Å²) in [6.45, 7) is 3.70. The van der Waals surface area contributed by atoms with Gasteiger partial charge in [-0.05, 0) is 72.8 Å². The molecule has 1 amide bonds. The number of alkyl halides is 3. The molecule has 1 fully saturated rings. The van der Waals surface area contributed by atoms with Crippen LogP contribution >= 0.6 is 11.3 Å². The number of carbonyl (C=O) groups excluding carboxylic acids is 2. The van der Waals surface area contributed by atoms with Crippen molar-refractivity contribution in [2.24, 2.45) is 0 Å². The fraction of sp³-hybridized carbons (Fsp3) is 0.231. The molecule has 2 aliphatic rings. The molecule has 1 N–H and O–H groups in total. The van der Waals surface area contributed by atoms with Gasteiger partial charge in [-0.1, -0.05) is 6.07 Å². The number of nitrogens with zero attached hydrogens (tertiary/aromatic N) is 1. The summed E-state index contributed by atoms with van der Waals surface area (Å²) in [5.74, 6) is -1.65. The van der Waals surface area contributed by atoms with Gasteiger partial charge in [-0.2, -0.15) is 13.2 Å². The van der Waals surface area contributed by atoms with Gasteiger partial charge in [0.05, 0.1) is 11.1 Å². The number of carbonyl (C=O) groups is 2. The van der Waals surface area contributed by atoms with E-state index in [0.29, 0.717) is 22.6 Å². The standard InChI is InChI=1S/C26H20F3NO4S/c1-13-8-9-35-24(13)21-20(22(31)15-6-7-19-16(11-15)10-14(2)34-19)23(32)25(33)30(21)18-5-3-4-17(12-18)26(27,28)29/h3-9,11-12,14,21,31H,10H2,1-2H3/b22-20-. The van der Waals surface area contributed by atoms with E-state index in [-0.39, 0.29) is 23.1 Å². The minimum Gasteiger partial charge on any atom is -0.507 e. The van der Waals surface area contributed by atoms with Gasteiger partial charge in [0.25, 0.3) is 11.7 Å². The predicted octanol–water partition coefficient (Wildman–Crippen LogP) is 6.03. The van der Waals surface area contributed by atoms with E-state index in [4.69, 9.17) is 4.74 Å². The Morgan fingerprint density at radius 3 is 2.60 bits per heavy atom. The summed E-state index contributed by atoms with van der Waals surface area (Å²) < 4.78 is 45.9. The molecule has 9 heteroatoms. The molecule has 3 aromatic rings. The Hall–Kier alpha value is -3.59. The van der Waals surface area contributed by atoms with Gasteiger partial charge in [-0.25, -0.2) is 0 Å². The molecule has 0 aliphatic carbocycles. The van der Waals surface area contributed by atoms with Crippen molar-refractivity contribution in [1.82, 2.24) is 0 Å². The van der Waals surface area contributed by atoms with E-state index >= 15 is 0 Å². The molecule has 0 radical (unpaired) electrons. The molecule has 1 saturated heterocycles. The van der Waals surface area contributed by atoms with Gasteiger partial charge in [0.2, 0.25) is 0 Å². The normalized spacial score (nSPS) is 21.3. The van der Waals surface area contributed by atoms with Crippen molar-refractivity contribution in [2.45, 2.75) is 38.6 Å². The number of anilines is 1. The zero-order chi connectivity index (χ0) is 25.1. The highest BCUT2D eigenvalue weighted by molar-refractivity contribution is 7.10. The third-order valence-corrected chi connectivity index (χ3v) is 7.29. The maximum atomic E-state index is 13.4. The van der Waals surface area contributed by atoms with Crippen molar-refractivity contribution in [2.75, 3.05) is 4.90 Å². The van der Waals surface area contributed by atoms with Crippen LogP contribution in [0.5, 0.6) is 5.75 Å². The molecule has 0 saturated carbocycles. The van der Waals surface area contributed by atoms with Gasteiger partial charge in [0, 0.05) is 22.5 Å². The SMILES string of the molecule is Cc1ccsc1C1/C(=C(/O)c2ccc3c(c2)CC(C)O3)C(=O)C(=O)N1c1cccc(C(F)(F)F)c1. The number of aryl methyl sites for hydroxylation is 1. The number of hydrogen-bond donors (Lipinski definition) is 1. The number of fused-ring (bicyclic) bond motifs is 1. The first kappa shape index (κ1) is 23.2. The number of aliphatic hydroxyl groups is 1. The topological polar surface area (TPSA) is 66.8 Å². The molecular weight excluding hydrogens is 479 g/mol. The van der Waals surface area contributed by atoms with Crippen LogP contribution in [0.15, 0.2) is 59.5 Å². The maximum absolute atomic E-state index is 13.4. The van der Waals surface area contributed by atoms with Crippen molar-refractivity contribution in [1.29, 1.82) is 0 Å². The van der Waals surface area contributed by atoms with Crippen LogP contribution in [0, 0.1) is 6.92 Å². The second-order valence-corrected chi connectivity index (χ2v) is 9.59. The first-order valence-electron chi connectivity index (χ1n) is 10.9. The zero-order valence-electron chi connectivity index (χ0n) is 18.7. The van der Waals surface area contributed by atoms with Gasteiger partial charge < -0.3 is 9.84 Å². The van der Waals surface area contributed by atoms with Gasteiger partial charge in [-0.15, -0.1) is 11.3 Å². The lowest BCUT2D eigenvalue weighted by Crippen LogP contribution is -2.29. The average molecular weight is 500 g/mol. The molecule has 5 nitrogen and oxygen atoms in total. The summed E-state index contributed by atoms with van der Waals surface area (Å²) in [6.07, 6.45) is -4.02. The molecule has 0 spiro atoms. The summed E-state index contributed by atoms with van der Waals surface area (Å²) in [5, 5.41) is 13.0. The Morgan fingerprint density at radius 2 is 1.91 bits per heavy atom. The van der Waals surface area contributed by atoms with Crippen molar-refractivity contribution >= 4 is 34.5 Å². The fourth-order valence-electron chi connectivity index (χ4n) is 4.57. The molecule has 2 aromatic carbocycles. The monoisotopic (exact) mass is 499 g/mol. The van der Waals surface area contributed by atoms with Crippen LogP contribution < -0.4 is 9.64 Å². The number of benzene rings is 2. The van der Waals surface area contributed by atoms with Crippen molar-refractivity contribution in [3.05, 3.63) is 86.6 Å². The molecular formula is C26H20F3NO4S. The highest BCUT2D eigenvalue weighted by Crippen LogP contribution is 2.46. The number of halogens is 3. The van der Waals surface area contributed by atoms with Crippen molar-refractivity contribution in [3.63, 3.8) is 0 Å². The first-order valence-corrected chi connectivity index (χ1v) is 11.8. The van der Waals surface area contributed by atoms with E-state index in [2.05, 4.69) is 0 Å². The lowest BCUT2D eigenvalue weighted by Gasteiger charge is -2.25. The Morgan fingerprint density at radius 1 is 1.14 bits per heavy atom. The summed E-state index contributed by atoms with van der Waals surface area (Å²) in [6, 6.07) is 10.0. The maximum Gasteiger partial charge on any atom is 0.416 e. The van der Waals surface area contributed by atoms with Gasteiger partial charge in [0.1, 0.15) is 23.7 Å². The average Bonchev–Trinajstić information content (AvgIpc) is 3.47. The number of thiophene rings is 1. The number of ketones is 1. The minimum atomic E-state index is -4.62. The molecule has 3 heterocycles. The van der Waals surface area contributed by atoms with E-state index < -0.39 is 29.5 Å². The third kappa shape index (κ3) is 3.89. The number of Topliss-reactive ketones (excluding diaryl/α,β-unsaturated/α-hetero) is 1. The Bertz CT molecular complexity index is 1390. The second kappa shape index (κ2) is 8.27. The number of amides is 1.